The molecule has 0 aromatic heterocycles. The van der Waals surface area contributed by atoms with E-state index in [-0.39, 0.29) is 44.9 Å². The van der Waals surface area contributed by atoms with E-state index in [0.717, 1.165) is 128 Å². The van der Waals surface area contributed by atoms with E-state index in [2.05, 4.69) is 45.2 Å². The zero-order valence-electron chi connectivity index (χ0n) is 55.5. The summed E-state index contributed by atoms with van der Waals surface area (Å²) in [6, 6.07) is -1.25. The lowest BCUT2D eigenvalue weighted by Crippen LogP contribution is -2.67. The maximum atomic E-state index is 14.1. The zero-order valence-corrected chi connectivity index (χ0v) is 57.3. The van der Waals surface area contributed by atoms with Crippen molar-refractivity contribution in [1.29, 1.82) is 0 Å². The van der Waals surface area contributed by atoms with Crippen LogP contribution >= 0.6 is 15.6 Å². The van der Waals surface area contributed by atoms with Gasteiger partial charge in [-0.15, -0.1) is 0 Å². The minimum Gasteiger partial charge on any atom is -0.387 e. The average molecular weight is 1290 g/mol. The van der Waals surface area contributed by atoms with E-state index in [9.17, 15) is 38.6 Å². The molecule has 1 amide bonds. The molecule has 516 valence electrons. The highest BCUT2D eigenvalue weighted by molar-refractivity contribution is 7.46. The number of hydrogen-bond donors (Lipinski definition) is 6. The second-order valence-corrected chi connectivity index (χ2v) is 27.1. The van der Waals surface area contributed by atoms with Gasteiger partial charge in [-0.25, -0.2) is 9.13 Å². The first-order valence-electron chi connectivity index (χ1n) is 35.0. The maximum Gasteiger partial charge on any atom is 0.472 e. The Balaban J connectivity index is 2.41. The Bertz CT molecular complexity index is 1730. The summed E-state index contributed by atoms with van der Waals surface area (Å²) in [7, 11) is -7.41. The van der Waals surface area contributed by atoms with E-state index < -0.39 is 83.6 Å². The maximum absolute atomic E-state index is 14.1. The fraction of sp³-hybridized carbons (Fsp3) is 0.955. The van der Waals surface area contributed by atoms with Gasteiger partial charge in [0, 0.05) is 40.5 Å². The van der Waals surface area contributed by atoms with E-state index in [1.54, 1.807) is 7.11 Å². The number of aliphatic hydroxyl groups is 1. The number of amides is 1. The van der Waals surface area contributed by atoms with Crippen molar-refractivity contribution in [1.82, 2.24) is 5.32 Å². The third kappa shape index (κ3) is 41.4. The number of hydrogen-bond acceptors (Lipinski definition) is 14. The number of phosphoric acid groups is 2. The van der Waals surface area contributed by atoms with E-state index in [1.165, 1.54) is 110 Å². The van der Waals surface area contributed by atoms with Gasteiger partial charge in [0.15, 0.2) is 12.6 Å². The number of aliphatic hydroxyl groups excluding tert-OH is 1. The van der Waals surface area contributed by atoms with Crippen molar-refractivity contribution in [2.75, 3.05) is 47.3 Å². The SMILES string of the molecule is CCCCCCCC/C=C/CCCCCCCC(=O)N[C@H]1[C@H](OC[C@H]2O[C@H](OP(=O)(O)O)[C@H](OCCCCCCCCCCCC)[C@@H](OCCCCCCCCCCCC)[C@@H]2O)O[C@H](COC)[C@@H](OP(=O)(O)O)[C@@H]1OCC[C@@H](CCCCCCC)OC. The van der Waals surface area contributed by atoms with Crippen LogP contribution in [0.25, 0.3) is 0 Å². The number of methoxy groups -OCH3 is 2. The standard InChI is InChI=1S/C66H129NO18P2/c1-7-11-15-19-22-25-28-29-30-31-32-33-36-40-44-48-58(68)67-59-62(80-52-49-55(77-6)47-43-39-18-14-10-4)61(84-86(70,71)72)57(53-76-5)83-65(59)81-54-56-60(69)63(78-50-45-41-37-34-26-23-20-16-12-8-2)64(66(82-56)85-87(73,74)75)79-51-46-42-38-35-27-24-21-17-13-9-3/h29-30,55-57,59-66,69H,7-28,31-54H2,1-6H3,(H,67,68)(H2,70,71,72)(H2,73,74,75)/b30-29+/t55-,56-,57-,59-,60-,61-,62-,63+,64-,65-,66-/m1/s1. The van der Waals surface area contributed by atoms with Gasteiger partial charge < -0.3 is 67.9 Å². The van der Waals surface area contributed by atoms with Gasteiger partial charge in [-0.3, -0.25) is 13.8 Å². The summed E-state index contributed by atoms with van der Waals surface area (Å²) in [6.07, 6.45) is 35.1. The number of carbonyl (C=O) groups is 1. The molecule has 2 heterocycles. The molecule has 0 aromatic carbocycles. The summed E-state index contributed by atoms with van der Waals surface area (Å²) >= 11 is 0. The summed E-state index contributed by atoms with van der Waals surface area (Å²) in [4.78, 5) is 55.3. The zero-order chi connectivity index (χ0) is 63.6. The van der Waals surface area contributed by atoms with Crippen molar-refractivity contribution in [3.63, 3.8) is 0 Å². The van der Waals surface area contributed by atoms with Crippen molar-refractivity contribution >= 4 is 21.6 Å². The molecule has 2 rings (SSSR count). The first-order valence-corrected chi connectivity index (χ1v) is 38.1. The number of rotatable bonds is 60. The van der Waals surface area contributed by atoms with Gasteiger partial charge in [-0.1, -0.05) is 239 Å². The predicted octanol–water partition coefficient (Wildman–Crippen LogP) is 15.3. The molecular weight excluding hydrogens is 1160 g/mol. The molecule has 0 aliphatic carbocycles. The van der Waals surface area contributed by atoms with E-state index in [0.29, 0.717) is 25.7 Å². The van der Waals surface area contributed by atoms with Crippen molar-refractivity contribution in [2.45, 2.75) is 358 Å². The summed E-state index contributed by atoms with van der Waals surface area (Å²) < 4.78 is 86.1. The third-order valence-corrected chi connectivity index (χ3v) is 17.8. The molecule has 11 atom stereocenters. The largest absolute Gasteiger partial charge is 0.472 e. The van der Waals surface area contributed by atoms with E-state index in [1.807, 2.05) is 0 Å². The van der Waals surface area contributed by atoms with Crippen molar-refractivity contribution < 1.29 is 85.5 Å². The van der Waals surface area contributed by atoms with Gasteiger partial charge >= 0.3 is 15.6 Å². The van der Waals surface area contributed by atoms with Crippen LogP contribution in [-0.2, 0) is 60.9 Å². The Kier molecular flexibility index (Phi) is 50.5. The molecule has 0 aromatic rings. The number of allylic oxidation sites excluding steroid dienone is 2. The van der Waals surface area contributed by atoms with Crippen molar-refractivity contribution in [3.05, 3.63) is 12.2 Å². The summed E-state index contributed by atoms with van der Waals surface area (Å²) in [6.45, 7) is 8.59. The van der Waals surface area contributed by atoms with Crippen molar-refractivity contribution in [2.24, 2.45) is 0 Å². The van der Waals surface area contributed by atoms with Gasteiger partial charge in [0.1, 0.15) is 48.8 Å². The molecule has 87 heavy (non-hydrogen) atoms. The topological polar surface area (TPSA) is 257 Å². The number of unbranched alkanes of at least 4 members (excludes halogenated alkanes) is 33. The van der Waals surface area contributed by atoms with E-state index >= 15 is 0 Å². The molecule has 2 aliphatic rings. The molecule has 0 bridgehead atoms. The fourth-order valence-electron chi connectivity index (χ4n) is 11.7. The van der Waals surface area contributed by atoms with Crippen LogP contribution in [0.5, 0.6) is 0 Å². The molecule has 2 saturated heterocycles. The second-order valence-electron chi connectivity index (χ2n) is 24.7. The monoisotopic (exact) mass is 1290 g/mol. The lowest BCUT2D eigenvalue weighted by atomic mass is 9.95. The Morgan fingerprint density at radius 3 is 1.36 bits per heavy atom. The molecule has 19 nitrogen and oxygen atoms in total. The molecule has 0 unspecified atom stereocenters. The molecule has 0 spiro atoms. The Morgan fingerprint density at radius 2 is 0.885 bits per heavy atom. The molecule has 0 radical (unpaired) electrons. The quantitative estimate of drug-likeness (QED) is 0.0188. The van der Waals surface area contributed by atoms with Gasteiger partial charge in [0.2, 0.25) is 5.91 Å². The highest BCUT2D eigenvalue weighted by Gasteiger charge is 2.53. The van der Waals surface area contributed by atoms with Crippen LogP contribution in [0.15, 0.2) is 12.2 Å². The first kappa shape index (κ1) is 82.2. The predicted molar refractivity (Wildman–Crippen MR) is 344 cm³/mol. The molecule has 21 heteroatoms. The van der Waals surface area contributed by atoms with Crippen LogP contribution in [-0.4, -0.2) is 145 Å². The van der Waals surface area contributed by atoms with Gasteiger partial charge in [-0.05, 0) is 57.8 Å². The summed E-state index contributed by atoms with van der Waals surface area (Å²) in [5.41, 5.74) is 0. The average Bonchev–Trinajstić information content (AvgIpc) is 1.19. The molecule has 2 fully saturated rings. The number of carbonyl (C=O) groups excluding carboxylic acids is 1. The Morgan fingerprint density at radius 1 is 0.460 bits per heavy atom. The molecule has 2 aliphatic heterocycles. The Labute approximate surface area is 528 Å². The molecular formula is C66H129NO18P2. The van der Waals surface area contributed by atoms with Crippen LogP contribution in [0.2, 0.25) is 0 Å². The summed E-state index contributed by atoms with van der Waals surface area (Å²) in [5.74, 6) is -0.378. The second kappa shape index (κ2) is 53.4. The number of phosphoric ester groups is 2. The smallest absolute Gasteiger partial charge is 0.387 e. The number of nitrogens with one attached hydrogen (secondary N) is 1. The van der Waals surface area contributed by atoms with Crippen LogP contribution in [0.3, 0.4) is 0 Å². The van der Waals surface area contributed by atoms with Gasteiger partial charge in [0.05, 0.1) is 19.3 Å². The van der Waals surface area contributed by atoms with Gasteiger partial charge in [0.25, 0.3) is 0 Å². The minimum absolute atomic E-state index is 0.0522. The minimum atomic E-state index is -5.22. The van der Waals surface area contributed by atoms with Crippen LogP contribution < -0.4 is 5.32 Å². The van der Waals surface area contributed by atoms with Gasteiger partial charge in [-0.2, -0.15) is 0 Å². The third-order valence-electron chi connectivity index (χ3n) is 16.8. The highest BCUT2D eigenvalue weighted by Crippen LogP contribution is 2.44. The lowest BCUT2D eigenvalue weighted by molar-refractivity contribution is -0.319. The normalized spacial score (nSPS) is 23.3. The van der Waals surface area contributed by atoms with Crippen LogP contribution in [0.1, 0.15) is 291 Å². The summed E-state index contributed by atoms with van der Waals surface area (Å²) in [5, 5.41) is 15.3. The van der Waals surface area contributed by atoms with E-state index in [4.69, 9.17) is 46.9 Å². The number of ether oxygens (including phenoxy) is 8. The Hall–Kier alpha value is -0.930. The van der Waals surface area contributed by atoms with Crippen LogP contribution in [0.4, 0.5) is 0 Å². The van der Waals surface area contributed by atoms with Crippen LogP contribution in [0, 0.1) is 0 Å². The fourth-order valence-corrected chi connectivity index (χ4v) is 12.7. The van der Waals surface area contributed by atoms with Crippen molar-refractivity contribution in [3.8, 4) is 0 Å². The lowest BCUT2D eigenvalue weighted by Gasteiger charge is -2.47. The first-order chi connectivity index (χ1) is 42.1. The highest BCUT2D eigenvalue weighted by atomic mass is 31.2. The molecule has 6 N–H and O–H groups in total. The molecule has 0 saturated carbocycles.